The van der Waals surface area contributed by atoms with Gasteiger partial charge in [-0.2, -0.15) is 0 Å². The second-order valence-electron chi connectivity index (χ2n) is 6.77. The van der Waals surface area contributed by atoms with E-state index in [0.717, 1.165) is 0 Å². The minimum absolute atomic E-state index is 0.0399. The van der Waals surface area contributed by atoms with Gasteiger partial charge in [-0.15, -0.1) is 10.2 Å². The monoisotopic (exact) mass is 386 g/mol. The smallest absolute Gasteiger partial charge is 0.273 e. The Morgan fingerprint density at radius 2 is 2.00 bits per heavy atom. The van der Waals surface area contributed by atoms with Crippen LogP contribution in [0.4, 0.5) is 0 Å². The maximum absolute atomic E-state index is 12.3. The fourth-order valence-corrected chi connectivity index (χ4v) is 2.97. The highest BCUT2D eigenvalue weighted by Gasteiger charge is 2.36. The third kappa shape index (κ3) is 3.41. The Labute approximate surface area is 158 Å². The highest BCUT2D eigenvalue weighted by molar-refractivity contribution is 5.93. The van der Waals surface area contributed by atoms with E-state index in [4.69, 9.17) is 8.94 Å². The van der Waals surface area contributed by atoms with E-state index in [9.17, 15) is 20.1 Å². The highest BCUT2D eigenvalue weighted by Crippen LogP contribution is 2.37. The van der Waals surface area contributed by atoms with Crippen molar-refractivity contribution in [1.29, 1.82) is 0 Å². The van der Waals surface area contributed by atoms with Crippen LogP contribution in [0.5, 0.6) is 11.5 Å². The summed E-state index contributed by atoms with van der Waals surface area (Å²) in [7, 11) is 0. The first-order valence-electron chi connectivity index (χ1n) is 8.72. The number of aliphatic hydroxyl groups excluding tert-OH is 1. The van der Waals surface area contributed by atoms with E-state index in [1.165, 1.54) is 18.2 Å². The number of nitrogens with one attached hydrogen (secondary N) is 1. The molecule has 1 aliphatic rings. The predicted molar refractivity (Wildman–Crippen MR) is 93.4 cm³/mol. The van der Waals surface area contributed by atoms with Gasteiger partial charge in [-0.3, -0.25) is 4.79 Å². The van der Waals surface area contributed by atoms with Gasteiger partial charge in [-0.1, -0.05) is 5.16 Å². The number of aromatic nitrogens is 3. The molecule has 4 N–H and O–H groups in total. The first-order chi connectivity index (χ1) is 13.4. The van der Waals surface area contributed by atoms with Crippen LogP contribution in [0.2, 0.25) is 0 Å². The summed E-state index contributed by atoms with van der Waals surface area (Å²) in [5.74, 6) is 0.0520. The molecular weight excluding hydrogens is 368 g/mol. The highest BCUT2D eigenvalue weighted by atomic mass is 16.5. The maximum Gasteiger partial charge on any atom is 0.273 e. The summed E-state index contributed by atoms with van der Waals surface area (Å²) in [6, 6.07) is 5.59. The van der Waals surface area contributed by atoms with Crippen LogP contribution in [0, 0.1) is 0 Å². The number of nitrogens with zero attached hydrogens (tertiary/aromatic N) is 3. The number of amides is 1. The average molecular weight is 386 g/mol. The molecule has 2 heterocycles. The van der Waals surface area contributed by atoms with Gasteiger partial charge in [0.2, 0.25) is 11.8 Å². The third-order valence-corrected chi connectivity index (χ3v) is 4.64. The van der Waals surface area contributed by atoms with Crippen LogP contribution in [-0.4, -0.2) is 42.6 Å². The second kappa shape index (κ2) is 6.97. The molecule has 0 unspecified atom stereocenters. The Balaban J connectivity index is 1.35. The van der Waals surface area contributed by atoms with Gasteiger partial charge in [0.1, 0.15) is 6.10 Å². The lowest BCUT2D eigenvalue weighted by molar-refractivity contribution is 0.0892. The molecular formula is C18H18N4O6. The third-order valence-electron chi connectivity index (χ3n) is 4.64. The molecule has 1 atom stereocenters. The van der Waals surface area contributed by atoms with Gasteiger partial charge in [0.15, 0.2) is 23.0 Å². The van der Waals surface area contributed by atoms with Gasteiger partial charge in [-0.05, 0) is 38.0 Å². The molecule has 28 heavy (non-hydrogen) atoms. The van der Waals surface area contributed by atoms with Crippen molar-refractivity contribution in [2.24, 2.45) is 0 Å². The molecule has 0 bridgehead atoms. The number of rotatable bonds is 5. The zero-order valence-electron chi connectivity index (χ0n) is 14.9. The van der Waals surface area contributed by atoms with Crippen molar-refractivity contribution >= 4 is 5.91 Å². The molecule has 2 aromatic heterocycles. The van der Waals surface area contributed by atoms with Crippen molar-refractivity contribution in [1.82, 2.24) is 20.7 Å². The molecule has 4 rings (SSSR count). The van der Waals surface area contributed by atoms with Crippen LogP contribution in [0.1, 0.15) is 54.1 Å². The number of aromatic hydroxyl groups is 2. The summed E-state index contributed by atoms with van der Waals surface area (Å²) < 4.78 is 10.6. The summed E-state index contributed by atoms with van der Waals surface area (Å²) >= 11 is 0. The molecule has 3 aromatic rings. The van der Waals surface area contributed by atoms with Gasteiger partial charge >= 0.3 is 0 Å². The van der Waals surface area contributed by atoms with Gasteiger partial charge in [0.25, 0.3) is 5.91 Å². The molecule has 1 fully saturated rings. The molecule has 146 valence electrons. The summed E-state index contributed by atoms with van der Waals surface area (Å²) in [4.78, 5) is 12.3. The molecule has 1 saturated carbocycles. The van der Waals surface area contributed by atoms with Crippen molar-refractivity contribution in [3.63, 3.8) is 0 Å². The SMILES string of the molecule is C[C@@H](O)c1nnc([C@H]2C[C@H](NC(=O)c3cc(-c4ccc(O)c(O)c4)on3)C2)o1. The minimum atomic E-state index is -0.811. The lowest BCUT2D eigenvalue weighted by Crippen LogP contribution is -2.43. The van der Waals surface area contributed by atoms with Crippen LogP contribution < -0.4 is 5.32 Å². The predicted octanol–water partition coefficient (Wildman–Crippen LogP) is 1.87. The van der Waals surface area contributed by atoms with Crippen LogP contribution in [0.3, 0.4) is 0 Å². The van der Waals surface area contributed by atoms with E-state index in [2.05, 4.69) is 20.7 Å². The van der Waals surface area contributed by atoms with E-state index >= 15 is 0 Å². The van der Waals surface area contributed by atoms with Gasteiger partial charge in [0.05, 0.1) is 0 Å². The Kier molecular flexibility index (Phi) is 4.47. The Hall–Kier alpha value is -3.40. The standard InChI is InChI=1S/C18H18N4O6/c1-8(23)17-20-21-18(27-17)10-4-11(5-10)19-16(26)12-7-15(28-22-12)9-2-3-13(24)14(25)6-9/h2-3,6-8,10-11,23-25H,4-5H2,1H3,(H,19,26)/t8-,10-,11-/m1/s1. The van der Waals surface area contributed by atoms with Crippen LogP contribution in [0.15, 0.2) is 33.2 Å². The zero-order valence-corrected chi connectivity index (χ0v) is 14.9. The fourth-order valence-electron chi connectivity index (χ4n) is 2.97. The van der Waals surface area contributed by atoms with Crippen molar-refractivity contribution < 1.29 is 29.1 Å². The van der Waals surface area contributed by atoms with Gasteiger partial charge < -0.3 is 29.6 Å². The van der Waals surface area contributed by atoms with E-state index in [1.807, 2.05) is 0 Å². The number of benzene rings is 1. The average Bonchev–Trinajstić information content (AvgIpc) is 3.29. The first kappa shape index (κ1) is 18.0. The van der Waals surface area contributed by atoms with Crippen molar-refractivity contribution in [3.8, 4) is 22.8 Å². The van der Waals surface area contributed by atoms with E-state index in [0.29, 0.717) is 30.1 Å². The molecule has 0 saturated heterocycles. The lowest BCUT2D eigenvalue weighted by atomic mass is 9.80. The number of carbonyl (C=O) groups is 1. The van der Waals surface area contributed by atoms with Gasteiger partial charge in [0, 0.05) is 23.6 Å². The summed E-state index contributed by atoms with van der Waals surface area (Å²) in [5, 5.41) is 42.7. The number of phenolic OH excluding ortho intramolecular Hbond substituents is 2. The van der Waals surface area contributed by atoms with E-state index in [-0.39, 0.29) is 41.0 Å². The Bertz CT molecular complexity index is 1010. The van der Waals surface area contributed by atoms with Crippen LogP contribution >= 0.6 is 0 Å². The summed E-state index contributed by atoms with van der Waals surface area (Å²) in [5.41, 5.74) is 0.594. The zero-order chi connectivity index (χ0) is 19.8. The normalized spacial score (nSPS) is 19.8. The Morgan fingerprint density at radius 3 is 2.68 bits per heavy atom. The summed E-state index contributed by atoms with van der Waals surface area (Å²) in [6.07, 6.45) is 0.474. The molecule has 0 spiro atoms. The van der Waals surface area contributed by atoms with E-state index < -0.39 is 6.10 Å². The molecule has 1 amide bonds. The Morgan fingerprint density at radius 1 is 1.21 bits per heavy atom. The molecule has 0 aliphatic heterocycles. The first-order valence-corrected chi connectivity index (χ1v) is 8.72. The minimum Gasteiger partial charge on any atom is -0.504 e. The fraction of sp³-hybridized carbons (Fsp3) is 0.333. The maximum atomic E-state index is 12.3. The number of aliphatic hydroxyl groups is 1. The molecule has 1 aliphatic carbocycles. The van der Waals surface area contributed by atoms with Crippen molar-refractivity contribution in [2.75, 3.05) is 0 Å². The quantitative estimate of drug-likeness (QED) is 0.481. The molecule has 0 radical (unpaired) electrons. The number of hydrogen-bond donors (Lipinski definition) is 4. The van der Waals surface area contributed by atoms with E-state index in [1.54, 1.807) is 13.0 Å². The molecule has 10 heteroatoms. The number of hydrogen-bond acceptors (Lipinski definition) is 9. The summed E-state index contributed by atoms with van der Waals surface area (Å²) in [6.45, 7) is 1.55. The molecule has 10 nitrogen and oxygen atoms in total. The number of carbonyl (C=O) groups excluding carboxylic acids is 1. The second-order valence-corrected chi connectivity index (χ2v) is 6.77. The number of phenols is 2. The van der Waals surface area contributed by atoms with Gasteiger partial charge in [-0.25, -0.2) is 0 Å². The lowest BCUT2D eigenvalue weighted by Gasteiger charge is -2.33. The topological polar surface area (TPSA) is 155 Å². The largest absolute Gasteiger partial charge is 0.504 e. The van der Waals surface area contributed by atoms with Crippen molar-refractivity contribution in [3.05, 3.63) is 41.7 Å². The van der Waals surface area contributed by atoms with Crippen LogP contribution in [-0.2, 0) is 0 Å². The van der Waals surface area contributed by atoms with Crippen molar-refractivity contribution in [2.45, 2.75) is 37.8 Å². The van der Waals surface area contributed by atoms with Crippen LogP contribution in [0.25, 0.3) is 11.3 Å². The molecule has 1 aromatic carbocycles.